The largest absolute Gasteiger partial charge is 0.493 e. The molecule has 0 N–H and O–H groups in total. The van der Waals surface area contributed by atoms with Gasteiger partial charge in [0.1, 0.15) is 0 Å². The Bertz CT molecular complexity index is 745. The minimum Gasteiger partial charge on any atom is -0.493 e. The first-order valence-electron chi connectivity index (χ1n) is 11.0. The molecule has 2 amide bonds. The highest BCUT2D eigenvalue weighted by molar-refractivity contribution is 5.80. The molecule has 1 unspecified atom stereocenters. The highest BCUT2D eigenvalue weighted by Crippen LogP contribution is 2.38. The maximum atomic E-state index is 13.0. The van der Waals surface area contributed by atoms with Gasteiger partial charge in [0.2, 0.25) is 17.6 Å². The lowest BCUT2D eigenvalue weighted by atomic mass is 9.98. The summed E-state index contributed by atoms with van der Waals surface area (Å²) in [4.78, 5) is 31.4. The van der Waals surface area contributed by atoms with Gasteiger partial charge in [-0.15, -0.1) is 0 Å². The van der Waals surface area contributed by atoms with Crippen LogP contribution in [0.1, 0.15) is 25.3 Å². The molecule has 31 heavy (non-hydrogen) atoms. The summed E-state index contributed by atoms with van der Waals surface area (Å²) in [7, 11) is 4.75. The van der Waals surface area contributed by atoms with Crippen LogP contribution in [-0.4, -0.2) is 93.7 Å². The van der Waals surface area contributed by atoms with Crippen molar-refractivity contribution in [2.45, 2.75) is 26.2 Å². The lowest BCUT2D eigenvalue weighted by Crippen LogP contribution is -2.52. The summed E-state index contributed by atoms with van der Waals surface area (Å²) < 4.78 is 16.2. The van der Waals surface area contributed by atoms with Gasteiger partial charge in [0, 0.05) is 45.2 Å². The summed E-state index contributed by atoms with van der Waals surface area (Å²) >= 11 is 0. The van der Waals surface area contributed by atoms with E-state index in [4.69, 9.17) is 14.2 Å². The first-order chi connectivity index (χ1) is 15.0. The number of benzene rings is 1. The highest BCUT2D eigenvalue weighted by Gasteiger charge is 2.28. The predicted octanol–water partition coefficient (Wildman–Crippen LogP) is 1.66. The molecule has 2 fully saturated rings. The minimum atomic E-state index is -0.166. The Morgan fingerprint density at radius 3 is 1.97 bits per heavy atom. The number of amides is 2. The smallest absolute Gasteiger partial charge is 0.236 e. The van der Waals surface area contributed by atoms with E-state index in [1.165, 1.54) is 0 Å². The quantitative estimate of drug-likeness (QED) is 0.621. The van der Waals surface area contributed by atoms with Gasteiger partial charge in [-0.05, 0) is 37.0 Å². The van der Waals surface area contributed by atoms with E-state index in [0.29, 0.717) is 43.3 Å². The fourth-order valence-corrected chi connectivity index (χ4v) is 4.39. The predicted molar refractivity (Wildman–Crippen MR) is 118 cm³/mol. The third-order valence-electron chi connectivity index (χ3n) is 6.19. The van der Waals surface area contributed by atoms with Crippen molar-refractivity contribution in [1.29, 1.82) is 0 Å². The molecule has 8 nitrogen and oxygen atoms in total. The fourth-order valence-electron chi connectivity index (χ4n) is 4.39. The maximum absolute atomic E-state index is 13.0. The van der Waals surface area contributed by atoms with Crippen LogP contribution in [0.25, 0.3) is 0 Å². The van der Waals surface area contributed by atoms with Crippen molar-refractivity contribution >= 4 is 11.8 Å². The van der Waals surface area contributed by atoms with Gasteiger partial charge in [-0.25, -0.2) is 0 Å². The molecule has 3 rings (SSSR count). The Kier molecular flexibility index (Phi) is 8.01. The Hall–Kier alpha value is -2.48. The molecular formula is C23H35N3O5. The van der Waals surface area contributed by atoms with E-state index < -0.39 is 0 Å². The molecule has 2 heterocycles. The fraction of sp³-hybridized carbons (Fsp3) is 0.652. The van der Waals surface area contributed by atoms with Crippen LogP contribution >= 0.6 is 0 Å². The molecule has 1 aromatic rings. The van der Waals surface area contributed by atoms with Crippen molar-refractivity contribution in [2.75, 3.05) is 67.1 Å². The summed E-state index contributed by atoms with van der Waals surface area (Å²) in [5, 5.41) is 0. The average Bonchev–Trinajstić information content (AvgIpc) is 3.33. The third kappa shape index (κ3) is 5.61. The Morgan fingerprint density at radius 1 is 0.871 bits per heavy atom. The van der Waals surface area contributed by atoms with Crippen LogP contribution < -0.4 is 14.2 Å². The number of ether oxygens (including phenoxy) is 3. The molecule has 0 aliphatic carbocycles. The van der Waals surface area contributed by atoms with Crippen LogP contribution in [0, 0.1) is 5.92 Å². The zero-order valence-electron chi connectivity index (χ0n) is 19.2. The van der Waals surface area contributed by atoms with Gasteiger partial charge in [0.05, 0.1) is 27.9 Å². The van der Waals surface area contributed by atoms with E-state index in [2.05, 4.69) is 4.90 Å². The van der Waals surface area contributed by atoms with Gasteiger partial charge in [-0.1, -0.05) is 6.92 Å². The van der Waals surface area contributed by atoms with Crippen LogP contribution in [0.4, 0.5) is 0 Å². The summed E-state index contributed by atoms with van der Waals surface area (Å²) in [5.74, 6) is 1.92. The first kappa shape index (κ1) is 23.2. The van der Waals surface area contributed by atoms with Gasteiger partial charge in [0.25, 0.3) is 0 Å². The van der Waals surface area contributed by atoms with Crippen molar-refractivity contribution in [2.24, 2.45) is 5.92 Å². The SMILES string of the molecule is COc1cc(CC(C)C(=O)N2CCN(CC(=O)N3CCCC3)CC2)cc(OC)c1OC. The molecule has 172 valence electrons. The molecule has 1 atom stereocenters. The second-order valence-electron chi connectivity index (χ2n) is 8.33. The molecule has 0 saturated carbocycles. The van der Waals surface area contributed by atoms with Gasteiger partial charge >= 0.3 is 0 Å². The van der Waals surface area contributed by atoms with Crippen molar-refractivity contribution in [1.82, 2.24) is 14.7 Å². The number of nitrogens with zero attached hydrogens (tertiary/aromatic N) is 3. The molecule has 0 bridgehead atoms. The van der Waals surface area contributed by atoms with Crippen LogP contribution in [0.3, 0.4) is 0 Å². The standard InChI is InChI=1S/C23H35N3O5/c1-17(13-18-14-19(29-2)22(31-4)20(15-18)30-3)23(28)26-11-9-24(10-12-26)16-21(27)25-7-5-6-8-25/h14-15,17H,5-13,16H2,1-4H3. The zero-order chi connectivity index (χ0) is 22.4. The lowest BCUT2D eigenvalue weighted by molar-refractivity contribution is -0.137. The number of carbonyl (C=O) groups excluding carboxylic acids is 2. The number of rotatable bonds is 8. The molecule has 1 aromatic carbocycles. The van der Waals surface area contributed by atoms with Crippen LogP contribution in [-0.2, 0) is 16.0 Å². The van der Waals surface area contributed by atoms with E-state index in [1.54, 1.807) is 21.3 Å². The first-order valence-corrected chi connectivity index (χ1v) is 11.0. The molecule has 8 heteroatoms. The van der Waals surface area contributed by atoms with E-state index in [1.807, 2.05) is 28.9 Å². The summed E-state index contributed by atoms with van der Waals surface area (Å²) in [6.45, 7) is 6.98. The van der Waals surface area contributed by atoms with Crippen molar-refractivity contribution in [3.63, 3.8) is 0 Å². The van der Waals surface area contributed by atoms with E-state index in [-0.39, 0.29) is 17.7 Å². The van der Waals surface area contributed by atoms with Crippen molar-refractivity contribution < 1.29 is 23.8 Å². The second kappa shape index (κ2) is 10.7. The molecule has 0 radical (unpaired) electrons. The Morgan fingerprint density at radius 2 is 1.45 bits per heavy atom. The number of hydrogen-bond donors (Lipinski definition) is 0. The number of likely N-dealkylation sites (tertiary alicyclic amines) is 1. The summed E-state index contributed by atoms with van der Waals surface area (Å²) in [6.07, 6.45) is 2.80. The normalized spacial score (nSPS) is 18.1. The number of carbonyl (C=O) groups is 2. The molecule has 2 saturated heterocycles. The Labute approximate surface area is 185 Å². The molecule has 2 aliphatic heterocycles. The van der Waals surface area contributed by atoms with Crippen LogP contribution in [0.5, 0.6) is 17.2 Å². The Balaban J connectivity index is 1.53. The topological polar surface area (TPSA) is 71.6 Å². The highest BCUT2D eigenvalue weighted by atomic mass is 16.5. The summed E-state index contributed by atoms with van der Waals surface area (Å²) in [6, 6.07) is 3.79. The van der Waals surface area contributed by atoms with E-state index >= 15 is 0 Å². The van der Waals surface area contributed by atoms with Crippen molar-refractivity contribution in [3.05, 3.63) is 17.7 Å². The number of hydrogen-bond acceptors (Lipinski definition) is 6. The number of methoxy groups -OCH3 is 3. The molecule has 0 spiro atoms. The zero-order valence-corrected chi connectivity index (χ0v) is 19.2. The van der Waals surface area contributed by atoms with Gasteiger partial charge < -0.3 is 24.0 Å². The van der Waals surface area contributed by atoms with Crippen molar-refractivity contribution in [3.8, 4) is 17.2 Å². The van der Waals surface area contributed by atoms with E-state index in [9.17, 15) is 9.59 Å². The molecule has 0 aromatic heterocycles. The van der Waals surface area contributed by atoms with E-state index in [0.717, 1.165) is 44.6 Å². The minimum absolute atomic E-state index is 0.138. The van der Waals surface area contributed by atoms with Gasteiger partial charge in [0.15, 0.2) is 11.5 Å². The second-order valence-corrected chi connectivity index (χ2v) is 8.33. The molecular weight excluding hydrogens is 398 g/mol. The lowest BCUT2D eigenvalue weighted by Gasteiger charge is -2.36. The van der Waals surface area contributed by atoms with Crippen LogP contribution in [0.15, 0.2) is 12.1 Å². The maximum Gasteiger partial charge on any atom is 0.236 e. The third-order valence-corrected chi connectivity index (χ3v) is 6.19. The number of piperazine rings is 1. The van der Waals surface area contributed by atoms with Crippen LogP contribution in [0.2, 0.25) is 0 Å². The molecule has 2 aliphatic rings. The summed E-state index contributed by atoms with van der Waals surface area (Å²) in [5.41, 5.74) is 0.963. The van der Waals surface area contributed by atoms with Gasteiger partial charge in [-0.2, -0.15) is 0 Å². The monoisotopic (exact) mass is 433 g/mol. The van der Waals surface area contributed by atoms with Gasteiger partial charge in [-0.3, -0.25) is 14.5 Å². The average molecular weight is 434 g/mol.